The summed E-state index contributed by atoms with van der Waals surface area (Å²) in [5.74, 6) is 0.245. The zero-order chi connectivity index (χ0) is 23.9. The Hall–Kier alpha value is -3.29. The van der Waals surface area contributed by atoms with Crippen LogP contribution in [0.25, 0.3) is 0 Å². The van der Waals surface area contributed by atoms with E-state index in [1.807, 2.05) is 36.4 Å². The Balaban J connectivity index is 1.55. The van der Waals surface area contributed by atoms with Crippen molar-refractivity contribution in [2.45, 2.75) is 18.1 Å². The summed E-state index contributed by atoms with van der Waals surface area (Å²) >= 11 is 7.42. The highest BCUT2D eigenvalue weighted by Gasteiger charge is 2.35. The Kier molecular flexibility index (Phi) is 7.87. The molecule has 1 fully saturated rings. The molecule has 4 rings (SSSR count). The molecule has 0 aromatic heterocycles. The van der Waals surface area contributed by atoms with Gasteiger partial charge in [-0.25, -0.2) is 4.99 Å². The number of thioether (sulfide) groups is 1. The summed E-state index contributed by atoms with van der Waals surface area (Å²) < 4.78 is 5.22. The van der Waals surface area contributed by atoms with Crippen LogP contribution in [0.4, 0.5) is 11.4 Å². The Labute approximate surface area is 208 Å². The van der Waals surface area contributed by atoms with E-state index in [0.29, 0.717) is 40.3 Å². The van der Waals surface area contributed by atoms with Gasteiger partial charge in [-0.2, -0.15) is 0 Å². The van der Waals surface area contributed by atoms with Gasteiger partial charge in [-0.3, -0.25) is 14.5 Å². The number of carbonyl (C=O) groups is 2. The molecule has 1 heterocycles. The Bertz CT molecular complexity index is 1200. The number of halogens is 1. The lowest BCUT2D eigenvalue weighted by molar-refractivity contribution is -0.129. The molecule has 2 amide bonds. The van der Waals surface area contributed by atoms with Crippen LogP contribution in [0.5, 0.6) is 5.75 Å². The first-order valence-corrected chi connectivity index (χ1v) is 12.1. The number of nitrogens with zero attached hydrogens (tertiary/aromatic N) is 2. The number of hydrogen-bond acceptors (Lipinski definition) is 5. The van der Waals surface area contributed by atoms with Gasteiger partial charge < -0.3 is 10.1 Å². The van der Waals surface area contributed by atoms with E-state index in [4.69, 9.17) is 21.3 Å². The molecular weight excluding hydrogens is 470 g/mol. The highest BCUT2D eigenvalue weighted by molar-refractivity contribution is 8.15. The number of hydrogen-bond donors (Lipinski definition) is 1. The van der Waals surface area contributed by atoms with E-state index in [0.717, 1.165) is 5.56 Å². The maximum absolute atomic E-state index is 13.2. The third-order valence-electron chi connectivity index (χ3n) is 5.27. The monoisotopic (exact) mass is 493 g/mol. The van der Waals surface area contributed by atoms with Gasteiger partial charge >= 0.3 is 0 Å². The molecule has 0 aliphatic carbocycles. The second-order valence-electron chi connectivity index (χ2n) is 7.69. The topological polar surface area (TPSA) is 71.0 Å². The van der Waals surface area contributed by atoms with Crippen molar-refractivity contribution in [3.8, 4) is 5.75 Å². The summed E-state index contributed by atoms with van der Waals surface area (Å²) in [7, 11) is 1.57. The van der Waals surface area contributed by atoms with E-state index in [-0.39, 0.29) is 18.2 Å². The second-order valence-corrected chi connectivity index (χ2v) is 9.29. The average Bonchev–Trinajstić information content (AvgIpc) is 2.84. The molecule has 1 aliphatic rings. The normalized spacial score (nSPS) is 17.0. The van der Waals surface area contributed by atoms with Crippen LogP contribution in [0.2, 0.25) is 5.02 Å². The first-order chi connectivity index (χ1) is 16.5. The van der Waals surface area contributed by atoms with Crippen molar-refractivity contribution in [2.75, 3.05) is 19.0 Å². The van der Waals surface area contributed by atoms with Crippen LogP contribution in [-0.4, -0.2) is 40.8 Å². The fourth-order valence-electron chi connectivity index (χ4n) is 3.53. The summed E-state index contributed by atoms with van der Waals surface area (Å²) in [6, 6.07) is 24.2. The summed E-state index contributed by atoms with van der Waals surface area (Å²) in [5.41, 5.74) is 2.36. The number of rotatable bonds is 7. The van der Waals surface area contributed by atoms with E-state index < -0.39 is 5.25 Å². The van der Waals surface area contributed by atoms with Crippen molar-refractivity contribution in [3.63, 3.8) is 0 Å². The molecule has 1 N–H and O–H groups in total. The van der Waals surface area contributed by atoms with Gasteiger partial charge in [0, 0.05) is 29.7 Å². The van der Waals surface area contributed by atoms with Crippen molar-refractivity contribution >= 4 is 51.7 Å². The van der Waals surface area contributed by atoms with E-state index in [2.05, 4.69) is 5.32 Å². The zero-order valence-corrected chi connectivity index (χ0v) is 20.2. The summed E-state index contributed by atoms with van der Waals surface area (Å²) in [4.78, 5) is 32.5. The lowest BCUT2D eigenvalue weighted by Crippen LogP contribution is -2.46. The van der Waals surface area contributed by atoms with E-state index in [1.54, 1.807) is 54.5 Å². The van der Waals surface area contributed by atoms with Crippen molar-refractivity contribution in [2.24, 2.45) is 4.99 Å². The Morgan fingerprint density at radius 3 is 2.68 bits per heavy atom. The number of amidine groups is 1. The summed E-state index contributed by atoms with van der Waals surface area (Å²) in [5, 5.41) is 3.32. The molecule has 0 saturated carbocycles. The van der Waals surface area contributed by atoms with Crippen LogP contribution in [0.15, 0.2) is 83.9 Å². The first kappa shape index (κ1) is 23.9. The highest BCUT2D eigenvalue weighted by Crippen LogP contribution is 2.31. The third-order valence-corrected chi connectivity index (χ3v) is 6.69. The van der Waals surface area contributed by atoms with Crippen LogP contribution in [-0.2, 0) is 16.0 Å². The number of ether oxygens (including phenoxy) is 1. The first-order valence-electron chi connectivity index (χ1n) is 10.8. The lowest BCUT2D eigenvalue weighted by atomic mass is 10.1. The highest BCUT2D eigenvalue weighted by atomic mass is 35.5. The van der Waals surface area contributed by atoms with Gasteiger partial charge in [0.15, 0.2) is 5.17 Å². The summed E-state index contributed by atoms with van der Waals surface area (Å²) in [6.07, 6.45) is 0.770. The third kappa shape index (κ3) is 6.18. The van der Waals surface area contributed by atoms with Crippen molar-refractivity contribution in [1.82, 2.24) is 4.90 Å². The standard InChI is InChI=1S/C26H24ClN3O3S/c1-33-22-12-6-11-21(16-22)28-25(32)23-17-24(31)30(14-13-18-7-3-2-4-8-18)26(34-23)29-20-10-5-9-19(27)15-20/h2-12,15-16,23H,13-14,17H2,1H3,(H,28,32). The molecule has 3 aromatic carbocycles. The molecule has 1 atom stereocenters. The fraction of sp³-hybridized carbons (Fsp3) is 0.192. The molecule has 3 aromatic rings. The molecule has 34 heavy (non-hydrogen) atoms. The Morgan fingerprint density at radius 1 is 1.12 bits per heavy atom. The van der Waals surface area contributed by atoms with Crippen LogP contribution < -0.4 is 10.1 Å². The number of benzene rings is 3. The molecule has 174 valence electrons. The number of aliphatic imine (C=N–C) groups is 1. The van der Waals surface area contributed by atoms with Crippen LogP contribution in [0, 0.1) is 0 Å². The maximum atomic E-state index is 13.2. The van der Waals surface area contributed by atoms with Crippen molar-refractivity contribution < 1.29 is 14.3 Å². The predicted octanol–water partition coefficient (Wildman–Crippen LogP) is 5.55. The second kappa shape index (κ2) is 11.2. The van der Waals surface area contributed by atoms with Gasteiger partial charge in [0.1, 0.15) is 11.0 Å². The number of carbonyl (C=O) groups excluding carboxylic acids is 2. The van der Waals surface area contributed by atoms with Crippen molar-refractivity contribution in [1.29, 1.82) is 0 Å². The number of anilines is 1. The molecule has 1 aliphatic heterocycles. The summed E-state index contributed by atoms with van der Waals surface area (Å²) in [6.45, 7) is 0.472. The smallest absolute Gasteiger partial charge is 0.238 e. The van der Waals surface area contributed by atoms with Gasteiger partial charge in [0.2, 0.25) is 11.8 Å². The van der Waals surface area contributed by atoms with Crippen LogP contribution >= 0.6 is 23.4 Å². The van der Waals surface area contributed by atoms with Gasteiger partial charge in [0.05, 0.1) is 12.8 Å². The minimum Gasteiger partial charge on any atom is -0.497 e. The number of nitrogens with one attached hydrogen (secondary N) is 1. The minimum absolute atomic E-state index is 0.0871. The van der Waals surface area contributed by atoms with Gasteiger partial charge in [-0.15, -0.1) is 0 Å². The SMILES string of the molecule is COc1cccc(NC(=O)C2CC(=O)N(CCc3ccccc3)C(=Nc3cccc(Cl)c3)S2)c1. The molecule has 1 unspecified atom stereocenters. The lowest BCUT2D eigenvalue weighted by Gasteiger charge is -2.32. The molecule has 0 bridgehead atoms. The van der Waals surface area contributed by atoms with E-state index in [9.17, 15) is 9.59 Å². The van der Waals surface area contributed by atoms with Gasteiger partial charge in [0.25, 0.3) is 0 Å². The molecule has 0 spiro atoms. The van der Waals surface area contributed by atoms with Crippen LogP contribution in [0.3, 0.4) is 0 Å². The number of amides is 2. The largest absolute Gasteiger partial charge is 0.497 e. The van der Waals surface area contributed by atoms with Crippen molar-refractivity contribution in [3.05, 3.63) is 89.4 Å². The molecule has 6 nitrogen and oxygen atoms in total. The molecule has 1 saturated heterocycles. The fourth-order valence-corrected chi connectivity index (χ4v) is 4.84. The molecule has 8 heteroatoms. The quantitative estimate of drug-likeness (QED) is 0.468. The van der Waals surface area contributed by atoms with Gasteiger partial charge in [-0.1, -0.05) is 65.8 Å². The maximum Gasteiger partial charge on any atom is 0.238 e. The zero-order valence-electron chi connectivity index (χ0n) is 18.6. The molecule has 0 radical (unpaired) electrons. The van der Waals surface area contributed by atoms with Crippen LogP contribution in [0.1, 0.15) is 12.0 Å². The Morgan fingerprint density at radius 2 is 1.91 bits per heavy atom. The predicted molar refractivity (Wildman–Crippen MR) is 138 cm³/mol. The average molecular weight is 494 g/mol. The van der Waals surface area contributed by atoms with E-state index in [1.165, 1.54) is 11.8 Å². The number of methoxy groups -OCH3 is 1. The van der Waals surface area contributed by atoms with Gasteiger partial charge in [-0.05, 0) is 42.3 Å². The van der Waals surface area contributed by atoms with E-state index >= 15 is 0 Å². The minimum atomic E-state index is -0.607. The molecular formula is C26H24ClN3O3S.